The van der Waals surface area contributed by atoms with Crippen molar-refractivity contribution in [3.8, 4) is 0 Å². The van der Waals surface area contributed by atoms with E-state index in [-0.39, 0.29) is 0 Å². The third-order valence-electron chi connectivity index (χ3n) is 4.85. The molecule has 0 radical (unpaired) electrons. The number of nitrogens with one attached hydrogen (secondary N) is 2. The summed E-state index contributed by atoms with van der Waals surface area (Å²) in [7, 11) is 0. The van der Waals surface area contributed by atoms with E-state index in [9.17, 15) is 0 Å². The molecular formula is C19H34N4OS. The summed E-state index contributed by atoms with van der Waals surface area (Å²) in [5.74, 6) is 3.41. The van der Waals surface area contributed by atoms with Gasteiger partial charge in [0.05, 0.1) is 5.69 Å². The van der Waals surface area contributed by atoms with Crippen LogP contribution in [0.4, 0.5) is 0 Å². The van der Waals surface area contributed by atoms with Gasteiger partial charge in [-0.3, -0.25) is 0 Å². The number of thioether (sulfide) groups is 1. The molecule has 0 spiro atoms. The lowest BCUT2D eigenvalue weighted by Gasteiger charge is -2.17. The molecule has 0 aromatic carbocycles. The van der Waals surface area contributed by atoms with Crippen molar-refractivity contribution in [2.75, 3.05) is 12.3 Å². The zero-order valence-electron chi connectivity index (χ0n) is 16.2. The van der Waals surface area contributed by atoms with Gasteiger partial charge < -0.3 is 15.2 Å². The first kappa shape index (κ1) is 20.1. The van der Waals surface area contributed by atoms with Gasteiger partial charge in [0, 0.05) is 29.8 Å². The number of rotatable bonds is 9. The maximum atomic E-state index is 5.48. The Morgan fingerprint density at radius 2 is 2.12 bits per heavy atom. The molecule has 5 nitrogen and oxygen atoms in total. The van der Waals surface area contributed by atoms with Crippen molar-refractivity contribution >= 4 is 17.7 Å². The lowest BCUT2D eigenvalue weighted by atomic mass is 9.99. The van der Waals surface area contributed by atoms with Gasteiger partial charge >= 0.3 is 0 Å². The highest BCUT2D eigenvalue weighted by Crippen LogP contribution is 2.29. The van der Waals surface area contributed by atoms with Crippen LogP contribution in [0.25, 0.3) is 0 Å². The second kappa shape index (κ2) is 10.7. The van der Waals surface area contributed by atoms with E-state index in [0.717, 1.165) is 42.1 Å². The fourth-order valence-electron chi connectivity index (χ4n) is 3.43. The highest BCUT2D eigenvalue weighted by Gasteiger charge is 2.25. The van der Waals surface area contributed by atoms with E-state index in [4.69, 9.17) is 9.52 Å². The van der Waals surface area contributed by atoms with Gasteiger partial charge in [0.15, 0.2) is 11.7 Å². The van der Waals surface area contributed by atoms with Crippen molar-refractivity contribution in [2.45, 2.75) is 83.6 Å². The Morgan fingerprint density at radius 3 is 2.80 bits per heavy atom. The predicted octanol–water partition coefficient (Wildman–Crippen LogP) is 4.31. The SMILES string of the molecule is CCNC(=NCc1cc(C(CC)CC)no1)NC1CCC(SCC)C1. The minimum absolute atomic E-state index is 0.485. The standard InChI is InChI=1S/C19H34N4OS/c1-5-14(6-2)18-12-16(24-23-18)13-21-19(20-7-3)22-15-9-10-17(11-15)25-8-4/h12,14-15,17H,5-11,13H2,1-4H3,(H2,20,21,22). The Morgan fingerprint density at radius 1 is 1.32 bits per heavy atom. The van der Waals surface area contributed by atoms with Crippen molar-refractivity contribution in [1.82, 2.24) is 15.8 Å². The molecule has 1 saturated carbocycles. The molecule has 6 heteroatoms. The summed E-state index contributed by atoms with van der Waals surface area (Å²) in [5, 5.41) is 12.0. The van der Waals surface area contributed by atoms with Crippen molar-refractivity contribution in [3.05, 3.63) is 17.5 Å². The maximum absolute atomic E-state index is 5.48. The molecule has 2 rings (SSSR count). The summed E-state index contributed by atoms with van der Waals surface area (Å²) in [6.07, 6.45) is 5.94. The molecule has 1 heterocycles. The van der Waals surface area contributed by atoms with Gasteiger partial charge in [-0.1, -0.05) is 25.9 Å². The van der Waals surface area contributed by atoms with Gasteiger partial charge in [-0.2, -0.15) is 11.8 Å². The summed E-state index contributed by atoms with van der Waals surface area (Å²) in [6.45, 7) is 10.1. The number of hydrogen-bond donors (Lipinski definition) is 2. The monoisotopic (exact) mass is 366 g/mol. The van der Waals surface area contributed by atoms with Crippen LogP contribution >= 0.6 is 11.8 Å². The third-order valence-corrected chi connectivity index (χ3v) is 6.08. The summed E-state index contributed by atoms with van der Waals surface area (Å²) >= 11 is 2.08. The van der Waals surface area contributed by atoms with Crippen LogP contribution in [0, 0.1) is 0 Å². The molecule has 142 valence electrons. The van der Waals surface area contributed by atoms with Gasteiger partial charge in [0.25, 0.3) is 0 Å². The van der Waals surface area contributed by atoms with Crippen LogP contribution < -0.4 is 10.6 Å². The van der Waals surface area contributed by atoms with Crippen molar-refractivity contribution in [2.24, 2.45) is 4.99 Å². The van der Waals surface area contributed by atoms with Crippen LogP contribution in [0.1, 0.15) is 77.2 Å². The first-order valence-corrected chi connectivity index (χ1v) is 10.9. The Balaban J connectivity index is 1.91. The molecule has 0 bridgehead atoms. The number of nitrogens with zero attached hydrogens (tertiary/aromatic N) is 2. The number of aliphatic imine (C=N–C) groups is 1. The smallest absolute Gasteiger partial charge is 0.191 e. The molecule has 2 N–H and O–H groups in total. The van der Waals surface area contributed by atoms with Gasteiger partial charge in [-0.05, 0) is 44.8 Å². The predicted molar refractivity (Wildman–Crippen MR) is 107 cm³/mol. The Bertz CT molecular complexity index is 527. The van der Waals surface area contributed by atoms with Crippen LogP contribution in [0.15, 0.2) is 15.6 Å². The molecule has 25 heavy (non-hydrogen) atoms. The van der Waals surface area contributed by atoms with Crippen LogP contribution in [0.2, 0.25) is 0 Å². The number of aromatic nitrogens is 1. The minimum Gasteiger partial charge on any atom is -0.359 e. The van der Waals surface area contributed by atoms with E-state index in [1.165, 1.54) is 25.0 Å². The molecule has 2 unspecified atom stereocenters. The summed E-state index contributed by atoms with van der Waals surface area (Å²) in [4.78, 5) is 4.70. The Hall–Kier alpha value is -1.17. The molecule has 1 aromatic heterocycles. The topological polar surface area (TPSA) is 62.5 Å². The summed E-state index contributed by atoms with van der Waals surface area (Å²) in [5.41, 5.74) is 1.06. The van der Waals surface area contributed by atoms with Crippen LogP contribution in [0.5, 0.6) is 0 Å². The van der Waals surface area contributed by atoms with Crippen LogP contribution in [-0.4, -0.2) is 34.7 Å². The van der Waals surface area contributed by atoms with Gasteiger partial charge in [0.1, 0.15) is 6.54 Å². The fraction of sp³-hybridized carbons (Fsp3) is 0.789. The van der Waals surface area contributed by atoms with E-state index >= 15 is 0 Å². The molecule has 0 amide bonds. The summed E-state index contributed by atoms with van der Waals surface area (Å²) in [6, 6.07) is 2.59. The number of guanidine groups is 1. The fourth-order valence-corrected chi connectivity index (χ4v) is 4.57. The maximum Gasteiger partial charge on any atom is 0.191 e. The molecule has 0 aliphatic heterocycles. The largest absolute Gasteiger partial charge is 0.359 e. The molecule has 2 atom stereocenters. The van der Waals surface area contributed by atoms with E-state index in [1.54, 1.807) is 0 Å². The highest BCUT2D eigenvalue weighted by atomic mass is 32.2. The second-order valence-electron chi connectivity index (χ2n) is 6.66. The first-order chi connectivity index (χ1) is 12.2. The van der Waals surface area contributed by atoms with E-state index in [0.29, 0.717) is 18.5 Å². The minimum atomic E-state index is 0.485. The van der Waals surface area contributed by atoms with Gasteiger partial charge in [-0.15, -0.1) is 0 Å². The zero-order chi connectivity index (χ0) is 18.1. The zero-order valence-corrected chi connectivity index (χ0v) is 17.0. The lowest BCUT2D eigenvalue weighted by molar-refractivity contribution is 0.372. The van der Waals surface area contributed by atoms with Crippen molar-refractivity contribution in [3.63, 3.8) is 0 Å². The normalized spacial score (nSPS) is 21.1. The average molecular weight is 367 g/mol. The highest BCUT2D eigenvalue weighted by molar-refractivity contribution is 7.99. The molecule has 1 aromatic rings. The molecule has 1 fully saturated rings. The van der Waals surface area contributed by atoms with E-state index in [1.807, 2.05) is 0 Å². The summed E-state index contributed by atoms with van der Waals surface area (Å²) < 4.78 is 5.48. The molecule has 1 aliphatic rings. The second-order valence-corrected chi connectivity index (χ2v) is 8.24. The van der Waals surface area contributed by atoms with E-state index < -0.39 is 0 Å². The van der Waals surface area contributed by atoms with Crippen molar-refractivity contribution < 1.29 is 4.52 Å². The third kappa shape index (κ3) is 6.24. The lowest BCUT2D eigenvalue weighted by Crippen LogP contribution is -2.42. The van der Waals surface area contributed by atoms with Gasteiger partial charge in [0.2, 0.25) is 0 Å². The Kier molecular flexibility index (Phi) is 8.65. The van der Waals surface area contributed by atoms with Crippen LogP contribution in [0.3, 0.4) is 0 Å². The van der Waals surface area contributed by atoms with Crippen molar-refractivity contribution in [1.29, 1.82) is 0 Å². The molecular weight excluding hydrogens is 332 g/mol. The first-order valence-electron chi connectivity index (χ1n) is 9.81. The molecule has 1 aliphatic carbocycles. The average Bonchev–Trinajstić information content (AvgIpc) is 3.24. The van der Waals surface area contributed by atoms with Gasteiger partial charge in [-0.25, -0.2) is 4.99 Å². The Labute approximate surface area is 156 Å². The molecule has 0 saturated heterocycles. The quantitative estimate of drug-likeness (QED) is 0.504. The number of hydrogen-bond acceptors (Lipinski definition) is 4. The van der Waals surface area contributed by atoms with Crippen LogP contribution in [-0.2, 0) is 6.54 Å². The van der Waals surface area contributed by atoms with E-state index in [2.05, 4.69) is 61.3 Å².